The Morgan fingerprint density at radius 2 is 2.22 bits per heavy atom. The molecule has 2 fully saturated rings. The van der Waals surface area contributed by atoms with Gasteiger partial charge in [-0.1, -0.05) is 0 Å². The Morgan fingerprint density at radius 3 is 2.78 bits per heavy atom. The van der Waals surface area contributed by atoms with Crippen LogP contribution in [0.4, 0.5) is 0 Å². The predicted octanol–water partition coefficient (Wildman–Crippen LogP) is 4.62. The zero-order valence-electron chi connectivity index (χ0n) is 10.1. The molecule has 18 heavy (non-hydrogen) atoms. The van der Waals surface area contributed by atoms with E-state index in [2.05, 4.69) is 37.9 Å². The molecule has 2 nitrogen and oxygen atoms in total. The SMILES string of the molecule is NC(c1cc(Br)c(Br)s1)C1CCOC2(CCC2)C1. The molecule has 0 radical (unpaired) electrons. The lowest BCUT2D eigenvalue weighted by Crippen LogP contribution is -2.47. The highest BCUT2D eigenvalue weighted by atomic mass is 79.9. The summed E-state index contributed by atoms with van der Waals surface area (Å²) in [6.45, 7) is 0.881. The molecule has 1 aliphatic carbocycles. The van der Waals surface area contributed by atoms with Gasteiger partial charge in [0.05, 0.1) is 9.39 Å². The molecule has 2 heterocycles. The largest absolute Gasteiger partial charge is 0.375 e. The number of nitrogens with two attached hydrogens (primary N) is 1. The Bertz CT molecular complexity index is 425. The second-order valence-electron chi connectivity index (χ2n) is 5.43. The zero-order valence-corrected chi connectivity index (χ0v) is 14.1. The first kappa shape index (κ1) is 13.6. The van der Waals surface area contributed by atoms with Crippen LogP contribution in [0.5, 0.6) is 0 Å². The second kappa shape index (κ2) is 5.17. The Hall–Kier alpha value is 0.580. The van der Waals surface area contributed by atoms with E-state index in [9.17, 15) is 0 Å². The third-order valence-corrected chi connectivity index (χ3v) is 7.65. The Morgan fingerprint density at radius 1 is 1.44 bits per heavy atom. The van der Waals surface area contributed by atoms with E-state index >= 15 is 0 Å². The first-order chi connectivity index (χ1) is 8.60. The van der Waals surface area contributed by atoms with Crippen molar-refractivity contribution in [3.63, 3.8) is 0 Å². The van der Waals surface area contributed by atoms with Crippen molar-refractivity contribution in [3.05, 3.63) is 19.2 Å². The summed E-state index contributed by atoms with van der Waals surface area (Å²) in [4.78, 5) is 1.27. The van der Waals surface area contributed by atoms with Crippen molar-refractivity contribution >= 4 is 43.2 Å². The molecule has 1 aromatic heterocycles. The molecule has 2 unspecified atom stereocenters. The average molecular weight is 395 g/mol. The summed E-state index contributed by atoms with van der Waals surface area (Å²) in [6, 6.07) is 2.31. The molecule has 2 aliphatic rings. The van der Waals surface area contributed by atoms with Crippen molar-refractivity contribution < 1.29 is 4.74 Å². The summed E-state index contributed by atoms with van der Waals surface area (Å²) >= 11 is 8.83. The third kappa shape index (κ3) is 2.44. The number of thiophene rings is 1. The fourth-order valence-corrected chi connectivity index (χ4v) is 5.24. The van der Waals surface area contributed by atoms with E-state index in [0.29, 0.717) is 5.92 Å². The van der Waals surface area contributed by atoms with Crippen LogP contribution in [-0.2, 0) is 4.74 Å². The summed E-state index contributed by atoms with van der Waals surface area (Å²) < 4.78 is 8.23. The van der Waals surface area contributed by atoms with E-state index < -0.39 is 0 Å². The third-order valence-electron chi connectivity index (χ3n) is 4.30. The van der Waals surface area contributed by atoms with Crippen molar-refractivity contribution in [1.82, 2.24) is 0 Å². The number of hydrogen-bond acceptors (Lipinski definition) is 3. The zero-order chi connectivity index (χ0) is 12.8. The predicted molar refractivity (Wildman–Crippen MR) is 81.9 cm³/mol. The van der Waals surface area contributed by atoms with Crippen LogP contribution >= 0.6 is 43.2 Å². The van der Waals surface area contributed by atoms with Crippen LogP contribution < -0.4 is 5.73 Å². The van der Waals surface area contributed by atoms with Gasteiger partial charge >= 0.3 is 0 Å². The van der Waals surface area contributed by atoms with Crippen LogP contribution in [-0.4, -0.2) is 12.2 Å². The van der Waals surface area contributed by atoms with E-state index in [0.717, 1.165) is 27.7 Å². The van der Waals surface area contributed by atoms with Gasteiger partial charge < -0.3 is 10.5 Å². The van der Waals surface area contributed by atoms with Crippen LogP contribution in [0.1, 0.15) is 43.0 Å². The smallest absolute Gasteiger partial charge is 0.0843 e. The fraction of sp³-hybridized carbons (Fsp3) is 0.692. The summed E-state index contributed by atoms with van der Waals surface area (Å²) in [5.41, 5.74) is 6.65. The molecule has 0 amide bonds. The molecule has 0 aromatic carbocycles. The summed E-state index contributed by atoms with van der Waals surface area (Å²) in [7, 11) is 0. The Labute approximate surface area is 129 Å². The van der Waals surface area contributed by atoms with E-state index in [1.54, 1.807) is 11.3 Å². The quantitative estimate of drug-likeness (QED) is 0.793. The van der Waals surface area contributed by atoms with E-state index in [-0.39, 0.29) is 11.6 Å². The van der Waals surface area contributed by atoms with Gasteiger partial charge in [0.1, 0.15) is 0 Å². The van der Waals surface area contributed by atoms with Crippen molar-refractivity contribution in [2.45, 2.75) is 43.7 Å². The number of rotatable bonds is 2. The molecule has 1 spiro atoms. The number of halogens is 2. The molecule has 5 heteroatoms. The van der Waals surface area contributed by atoms with E-state index in [4.69, 9.17) is 10.5 Å². The fourth-order valence-electron chi connectivity index (χ4n) is 3.05. The van der Waals surface area contributed by atoms with Gasteiger partial charge in [0.25, 0.3) is 0 Å². The maximum atomic E-state index is 6.47. The van der Waals surface area contributed by atoms with Crippen LogP contribution in [0.15, 0.2) is 14.3 Å². The molecular formula is C13H17Br2NOS. The maximum Gasteiger partial charge on any atom is 0.0843 e. The first-order valence-corrected chi connectivity index (χ1v) is 8.84. The molecular weight excluding hydrogens is 378 g/mol. The molecule has 1 aliphatic heterocycles. The molecule has 100 valence electrons. The monoisotopic (exact) mass is 393 g/mol. The van der Waals surface area contributed by atoms with Gasteiger partial charge in [-0.3, -0.25) is 0 Å². The Balaban J connectivity index is 1.73. The van der Waals surface area contributed by atoms with Gasteiger partial charge in [-0.05, 0) is 75.9 Å². The van der Waals surface area contributed by atoms with Gasteiger partial charge in [0.2, 0.25) is 0 Å². The van der Waals surface area contributed by atoms with Crippen LogP contribution in [0.25, 0.3) is 0 Å². The molecule has 1 saturated heterocycles. The highest BCUT2D eigenvalue weighted by Crippen LogP contribution is 2.48. The van der Waals surface area contributed by atoms with Gasteiger partial charge in [0.15, 0.2) is 0 Å². The minimum atomic E-state index is 0.152. The van der Waals surface area contributed by atoms with Crippen molar-refractivity contribution in [3.8, 4) is 0 Å². The minimum absolute atomic E-state index is 0.152. The topological polar surface area (TPSA) is 35.2 Å². The standard InChI is InChI=1S/C13H17Br2NOS/c14-9-6-10(18-12(9)15)11(16)8-2-5-17-13(7-8)3-1-4-13/h6,8,11H,1-5,7,16H2. The molecule has 1 aromatic rings. The van der Waals surface area contributed by atoms with Gasteiger partial charge in [0, 0.05) is 22.0 Å². The van der Waals surface area contributed by atoms with Gasteiger partial charge in [-0.15, -0.1) is 11.3 Å². The molecule has 3 rings (SSSR count). The molecule has 1 saturated carbocycles. The van der Waals surface area contributed by atoms with Gasteiger partial charge in [-0.2, -0.15) is 0 Å². The normalized spacial score (nSPS) is 28.1. The van der Waals surface area contributed by atoms with Crippen LogP contribution in [0.2, 0.25) is 0 Å². The molecule has 2 atom stereocenters. The second-order valence-corrected chi connectivity index (χ2v) is 8.69. The van der Waals surface area contributed by atoms with Gasteiger partial charge in [-0.25, -0.2) is 0 Å². The van der Waals surface area contributed by atoms with Crippen molar-refractivity contribution in [2.75, 3.05) is 6.61 Å². The lowest BCUT2D eigenvalue weighted by Gasteiger charge is -2.48. The number of ether oxygens (including phenoxy) is 1. The summed E-state index contributed by atoms with van der Waals surface area (Å²) in [6.07, 6.45) is 6.01. The van der Waals surface area contributed by atoms with E-state index in [1.165, 1.54) is 24.1 Å². The number of hydrogen-bond donors (Lipinski definition) is 1. The summed E-state index contributed by atoms with van der Waals surface area (Å²) in [5.74, 6) is 0.566. The summed E-state index contributed by atoms with van der Waals surface area (Å²) in [5, 5.41) is 0. The first-order valence-electron chi connectivity index (χ1n) is 6.44. The lowest BCUT2D eigenvalue weighted by molar-refractivity contribution is -0.146. The molecule has 2 N–H and O–H groups in total. The maximum absolute atomic E-state index is 6.47. The average Bonchev–Trinajstić information content (AvgIpc) is 2.67. The molecule has 0 bridgehead atoms. The highest BCUT2D eigenvalue weighted by molar-refractivity contribution is 9.13. The lowest BCUT2D eigenvalue weighted by atomic mass is 9.70. The van der Waals surface area contributed by atoms with Crippen LogP contribution in [0.3, 0.4) is 0 Å². The highest BCUT2D eigenvalue weighted by Gasteiger charge is 2.44. The van der Waals surface area contributed by atoms with E-state index in [1.807, 2.05) is 0 Å². The Kier molecular flexibility index (Phi) is 3.89. The van der Waals surface area contributed by atoms with Crippen LogP contribution in [0, 0.1) is 5.92 Å². The van der Waals surface area contributed by atoms with Crippen molar-refractivity contribution in [1.29, 1.82) is 0 Å². The van der Waals surface area contributed by atoms with Crippen molar-refractivity contribution in [2.24, 2.45) is 11.7 Å². The minimum Gasteiger partial charge on any atom is -0.375 e.